The molecule has 0 spiro atoms. The molecule has 0 N–H and O–H groups in total. The van der Waals surface area contributed by atoms with Gasteiger partial charge in [-0.2, -0.15) is 0 Å². The van der Waals surface area contributed by atoms with Crippen molar-refractivity contribution in [3.63, 3.8) is 0 Å². The molecule has 0 atom stereocenters. The van der Waals surface area contributed by atoms with E-state index in [-0.39, 0.29) is 17.0 Å². The molecule has 1 aromatic carbocycles. The summed E-state index contributed by atoms with van der Waals surface area (Å²) in [7, 11) is 0. The highest BCUT2D eigenvalue weighted by atomic mass is 19.1. The molecule has 0 aliphatic carbocycles. The Morgan fingerprint density at radius 1 is 1.44 bits per heavy atom. The Morgan fingerprint density at radius 3 is 2.89 bits per heavy atom. The number of Topliss-reactive ketones (excluding diaryl/α,β-unsaturated/α-hetero) is 1. The van der Waals surface area contributed by atoms with Gasteiger partial charge >= 0.3 is 0 Å². The number of carbonyl (C=O) groups is 1. The summed E-state index contributed by atoms with van der Waals surface area (Å²) in [4.78, 5) is 14.2. The molecule has 2 nitrogen and oxygen atoms in total. The number of benzene rings is 1. The van der Waals surface area contributed by atoms with E-state index in [9.17, 15) is 9.18 Å². The maximum atomic E-state index is 13.1. The Labute approximate surface area is 108 Å². The highest BCUT2D eigenvalue weighted by Crippen LogP contribution is 2.28. The van der Waals surface area contributed by atoms with Crippen molar-refractivity contribution >= 4 is 5.78 Å². The first-order valence-electron chi connectivity index (χ1n) is 6.47. The molecular weight excluding hydrogens is 229 g/mol. The molecule has 1 aliphatic rings. The molecule has 0 bridgehead atoms. The van der Waals surface area contributed by atoms with Gasteiger partial charge in [-0.05, 0) is 36.9 Å². The first-order chi connectivity index (χ1) is 8.46. The fraction of sp³-hybridized carbons (Fsp3) is 0.533. The van der Waals surface area contributed by atoms with Crippen molar-refractivity contribution in [2.24, 2.45) is 5.41 Å². The minimum atomic E-state index is -0.347. The van der Waals surface area contributed by atoms with Crippen molar-refractivity contribution < 1.29 is 9.18 Å². The van der Waals surface area contributed by atoms with Gasteiger partial charge in [-0.25, -0.2) is 4.39 Å². The Kier molecular flexibility index (Phi) is 3.81. The number of likely N-dealkylation sites (tertiary alicyclic amines) is 1. The average Bonchev–Trinajstić information content (AvgIpc) is 2.27. The number of halogens is 1. The van der Waals surface area contributed by atoms with E-state index in [0.717, 1.165) is 19.5 Å². The average molecular weight is 249 g/mol. The van der Waals surface area contributed by atoms with E-state index in [0.29, 0.717) is 12.1 Å². The molecule has 0 aromatic heterocycles. The van der Waals surface area contributed by atoms with Gasteiger partial charge in [-0.1, -0.05) is 26.0 Å². The van der Waals surface area contributed by atoms with Crippen LogP contribution in [-0.4, -0.2) is 30.3 Å². The highest BCUT2D eigenvalue weighted by Gasteiger charge is 2.27. The second-order valence-electron chi connectivity index (χ2n) is 5.91. The van der Waals surface area contributed by atoms with Crippen LogP contribution in [0.2, 0.25) is 0 Å². The monoisotopic (exact) mass is 249 g/mol. The predicted molar refractivity (Wildman–Crippen MR) is 70.2 cm³/mol. The molecule has 1 saturated heterocycles. The first-order valence-corrected chi connectivity index (χ1v) is 6.47. The topological polar surface area (TPSA) is 20.3 Å². The molecule has 0 amide bonds. The summed E-state index contributed by atoms with van der Waals surface area (Å²) in [5, 5.41) is 0. The minimum Gasteiger partial charge on any atom is -0.295 e. The van der Waals surface area contributed by atoms with Crippen molar-refractivity contribution in [1.29, 1.82) is 0 Å². The van der Waals surface area contributed by atoms with Gasteiger partial charge < -0.3 is 0 Å². The van der Waals surface area contributed by atoms with E-state index in [1.807, 2.05) is 0 Å². The second-order valence-corrected chi connectivity index (χ2v) is 5.91. The van der Waals surface area contributed by atoms with Crippen LogP contribution in [0.25, 0.3) is 0 Å². The maximum absolute atomic E-state index is 13.1. The summed E-state index contributed by atoms with van der Waals surface area (Å²) in [6, 6.07) is 5.95. The van der Waals surface area contributed by atoms with Crippen LogP contribution in [0.5, 0.6) is 0 Å². The van der Waals surface area contributed by atoms with E-state index >= 15 is 0 Å². The van der Waals surface area contributed by atoms with E-state index in [2.05, 4.69) is 18.7 Å². The zero-order valence-corrected chi connectivity index (χ0v) is 11.1. The highest BCUT2D eigenvalue weighted by molar-refractivity contribution is 5.97. The second kappa shape index (κ2) is 5.19. The van der Waals surface area contributed by atoms with Gasteiger partial charge in [0, 0.05) is 12.1 Å². The van der Waals surface area contributed by atoms with Crippen LogP contribution in [0.4, 0.5) is 4.39 Å². The number of ketones is 1. The number of nitrogens with zero attached hydrogens (tertiary/aromatic N) is 1. The minimum absolute atomic E-state index is 0.00667. The Hall–Kier alpha value is -1.22. The third-order valence-electron chi connectivity index (χ3n) is 3.49. The summed E-state index contributed by atoms with van der Waals surface area (Å²) >= 11 is 0. The van der Waals surface area contributed by atoms with Crippen molar-refractivity contribution in [3.8, 4) is 0 Å². The van der Waals surface area contributed by atoms with Crippen LogP contribution in [0.15, 0.2) is 24.3 Å². The van der Waals surface area contributed by atoms with Crippen molar-refractivity contribution in [2.45, 2.75) is 26.7 Å². The van der Waals surface area contributed by atoms with Crippen LogP contribution in [0, 0.1) is 11.2 Å². The van der Waals surface area contributed by atoms with Crippen LogP contribution in [0.3, 0.4) is 0 Å². The zero-order valence-electron chi connectivity index (χ0n) is 11.1. The van der Waals surface area contributed by atoms with Gasteiger partial charge in [0.2, 0.25) is 0 Å². The van der Waals surface area contributed by atoms with Gasteiger partial charge in [-0.3, -0.25) is 9.69 Å². The fourth-order valence-electron chi connectivity index (χ4n) is 2.64. The number of carbonyl (C=O) groups excluding carboxylic acids is 1. The third kappa shape index (κ3) is 3.39. The molecule has 18 heavy (non-hydrogen) atoms. The molecule has 1 aromatic rings. The summed E-state index contributed by atoms with van der Waals surface area (Å²) in [6.07, 6.45) is 2.33. The van der Waals surface area contributed by atoms with Crippen molar-refractivity contribution in [2.75, 3.05) is 19.6 Å². The smallest absolute Gasteiger partial charge is 0.176 e. The third-order valence-corrected chi connectivity index (χ3v) is 3.49. The Bertz CT molecular complexity index is 442. The molecule has 1 aliphatic heterocycles. The Balaban J connectivity index is 1.99. The van der Waals surface area contributed by atoms with Gasteiger partial charge in [0.15, 0.2) is 5.78 Å². The lowest BCUT2D eigenvalue weighted by molar-refractivity contribution is 0.0809. The lowest BCUT2D eigenvalue weighted by Gasteiger charge is -2.37. The van der Waals surface area contributed by atoms with Crippen LogP contribution >= 0.6 is 0 Å². The van der Waals surface area contributed by atoms with Crippen LogP contribution in [0.1, 0.15) is 37.0 Å². The summed E-state index contributed by atoms with van der Waals surface area (Å²) in [5.74, 6) is -0.341. The fourth-order valence-corrected chi connectivity index (χ4v) is 2.64. The normalized spacial score (nSPS) is 19.7. The molecule has 0 unspecified atom stereocenters. The van der Waals surface area contributed by atoms with Gasteiger partial charge in [0.25, 0.3) is 0 Å². The molecule has 1 fully saturated rings. The molecular formula is C15H20FNO. The summed E-state index contributed by atoms with van der Waals surface area (Å²) < 4.78 is 13.1. The van der Waals surface area contributed by atoms with Crippen molar-refractivity contribution in [3.05, 3.63) is 35.6 Å². The van der Waals surface area contributed by atoms with Gasteiger partial charge in [0.05, 0.1) is 6.54 Å². The number of rotatable bonds is 3. The molecule has 2 rings (SSSR count). The molecule has 98 valence electrons. The number of hydrogen-bond donors (Lipinski definition) is 0. The lowest BCUT2D eigenvalue weighted by Crippen LogP contribution is -2.42. The quantitative estimate of drug-likeness (QED) is 0.767. The molecule has 0 saturated carbocycles. The lowest BCUT2D eigenvalue weighted by atomic mass is 9.84. The summed E-state index contributed by atoms with van der Waals surface area (Å²) in [6.45, 7) is 6.75. The first kappa shape index (κ1) is 13.2. The van der Waals surface area contributed by atoms with Crippen LogP contribution in [-0.2, 0) is 0 Å². The molecule has 1 heterocycles. The van der Waals surface area contributed by atoms with Crippen molar-refractivity contribution in [1.82, 2.24) is 4.90 Å². The largest absolute Gasteiger partial charge is 0.295 e. The summed E-state index contributed by atoms with van der Waals surface area (Å²) in [5.41, 5.74) is 0.749. The van der Waals surface area contributed by atoms with Gasteiger partial charge in [0.1, 0.15) is 5.82 Å². The zero-order chi connectivity index (χ0) is 13.2. The van der Waals surface area contributed by atoms with E-state index in [4.69, 9.17) is 0 Å². The molecule has 0 radical (unpaired) electrons. The van der Waals surface area contributed by atoms with Gasteiger partial charge in [-0.15, -0.1) is 0 Å². The number of piperidine rings is 1. The number of hydrogen-bond acceptors (Lipinski definition) is 2. The predicted octanol–water partition coefficient (Wildman–Crippen LogP) is 3.13. The molecule has 3 heteroatoms. The SMILES string of the molecule is CC1(C)CCCN(CC(=O)c2cccc(F)c2)C1. The van der Waals surface area contributed by atoms with E-state index < -0.39 is 0 Å². The Morgan fingerprint density at radius 2 is 2.22 bits per heavy atom. The maximum Gasteiger partial charge on any atom is 0.176 e. The van der Waals surface area contributed by atoms with E-state index in [1.165, 1.54) is 18.6 Å². The standard InChI is InChI=1S/C15H20FNO/c1-15(2)7-4-8-17(11-15)10-14(18)12-5-3-6-13(16)9-12/h3,5-6,9H,4,7-8,10-11H2,1-2H3. The van der Waals surface area contributed by atoms with E-state index in [1.54, 1.807) is 12.1 Å². The van der Waals surface area contributed by atoms with Crippen LogP contribution < -0.4 is 0 Å².